The third kappa shape index (κ3) is 3.35. The Bertz CT molecular complexity index is 450. The van der Waals surface area contributed by atoms with Crippen LogP contribution in [0.5, 0.6) is 0 Å². The Morgan fingerprint density at radius 3 is 3.05 bits per heavy atom. The lowest BCUT2D eigenvalue weighted by atomic mass is 10.1. The number of rotatable bonds is 3. The second-order valence-corrected chi connectivity index (χ2v) is 4.92. The average molecular weight is 264 g/mol. The van der Waals surface area contributed by atoms with Crippen LogP contribution in [0.25, 0.3) is 0 Å². The van der Waals surface area contributed by atoms with E-state index in [1.807, 2.05) is 24.8 Å². The molecule has 0 bridgehead atoms. The predicted molar refractivity (Wildman–Crippen MR) is 73.9 cm³/mol. The first-order valence-corrected chi connectivity index (χ1v) is 6.43. The number of pyridine rings is 1. The fraction of sp³-hybridized carbons (Fsp3) is 0.538. The number of anilines is 2. The molecule has 1 unspecified atom stereocenters. The van der Waals surface area contributed by atoms with E-state index in [-0.39, 0.29) is 18.0 Å². The quantitative estimate of drug-likeness (QED) is 0.825. The van der Waals surface area contributed by atoms with Crippen LogP contribution in [-0.4, -0.2) is 42.7 Å². The maximum atomic E-state index is 12.2. The Hall–Kier alpha value is -1.82. The van der Waals surface area contributed by atoms with Crippen molar-refractivity contribution in [2.45, 2.75) is 25.9 Å². The largest absolute Gasteiger partial charge is 0.397 e. The van der Waals surface area contributed by atoms with E-state index >= 15 is 0 Å². The monoisotopic (exact) mass is 264 g/mol. The van der Waals surface area contributed by atoms with Gasteiger partial charge < -0.3 is 20.7 Å². The molecule has 1 atom stereocenters. The number of amides is 1. The number of hydrogen-bond acceptors (Lipinski definition) is 5. The van der Waals surface area contributed by atoms with Crippen molar-refractivity contribution in [3.63, 3.8) is 0 Å². The molecule has 1 aliphatic heterocycles. The highest BCUT2D eigenvalue weighted by atomic mass is 16.5. The summed E-state index contributed by atoms with van der Waals surface area (Å²) in [6, 6.07) is 1.60. The summed E-state index contributed by atoms with van der Waals surface area (Å²) in [5, 5.41) is 2.91. The zero-order valence-electron chi connectivity index (χ0n) is 11.3. The number of carbonyl (C=O) groups excluding carboxylic acids is 1. The molecule has 2 rings (SSSR count). The number of nitrogens with one attached hydrogen (secondary N) is 1. The van der Waals surface area contributed by atoms with Gasteiger partial charge in [-0.15, -0.1) is 0 Å². The Balaban J connectivity index is 2.18. The molecule has 6 heteroatoms. The summed E-state index contributed by atoms with van der Waals surface area (Å²) < 4.78 is 5.41. The molecule has 1 aromatic heterocycles. The Morgan fingerprint density at radius 2 is 2.37 bits per heavy atom. The first-order valence-electron chi connectivity index (χ1n) is 6.43. The van der Waals surface area contributed by atoms with E-state index in [1.165, 1.54) is 0 Å². The van der Waals surface area contributed by atoms with Gasteiger partial charge >= 0.3 is 0 Å². The maximum absolute atomic E-state index is 12.2. The first kappa shape index (κ1) is 13.6. The topological polar surface area (TPSA) is 80.5 Å². The molecular formula is C13H20N4O2. The maximum Gasteiger partial charge on any atom is 0.245 e. The summed E-state index contributed by atoms with van der Waals surface area (Å²) in [7, 11) is 0. The van der Waals surface area contributed by atoms with E-state index < -0.39 is 0 Å². The Morgan fingerprint density at radius 1 is 1.58 bits per heavy atom. The summed E-state index contributed by atoms with van der Waals surface area (Å²) >= 11 is 0. The van der Waals surface area contributed by atoms with Gasteiger partial charge in [-0.25, -0.2) is 0 Å². The van der Waals surface area contributed by atoms with Crippen LogP contribution in [0.1, 0.15) is 13.8 Å². The molecule has 1 aliphatic rings. The summed E-state index contributed by atoms with van der Waals surface area (Å²) in [5.74, 6) is -0.0304. The zero-order valence-corrected chi connectivity index (χ0v) is 11.3. The highest BCUT2D eigenvalue weighted by Crippen LogP contribution is 2.21. The van der Waals surface area contributed by atoms with Gasteiger partial charge in [-0.1, -0.05) is 0 Å². The molecule has 19 heavy (non-hydrogen) atoms. The Labute approximate surface area is 112 Å². The number of nitrogens with two attached hydrogens (primary N) is 1. The molecule has 0 aliphatic carbocycles. The van der Waals surface area contributed by atoms with Gasteiger partial charge in [0.05, 0.1) is 30.8 Å². The lowest BCUT2D eigenvalue weighted by molar-refractivity contribution is -0.125. The van der Waals surface area contributed by atoms with Crippen molar-refractivity contribution in [2.24, 2.45) is 0 Å². The van der Waals surface area contributed by atoms with Gasteiger partial charge in [-0.2, -0.15) is 0 Å². The number of carbonyl (C=O) groups is 1. The van der Waals surface area contributed by atoms with Crippen LogP contribution in [0, 0.1) is 0 Å². The number of ether oxygens (including phenoxy) is 1. The summed E-state index contributed by atoms with van der Waals surface area (Å²) in [6.45, 7) is 5.51. The number of aromatic nitrogens is 1. The SMILES string of the molecule is CC(C)NC(=O)C1COCCN1c1cncc(N)c1. The van der Waals surface area contributed by atoms with E-state index in [2.05, 4.69) is 10.3 Å². The number of nitrogens with zero attached hydrogens (tertiary/aromatic N) is 2. The van der Waals surface area contributed by atoms with Gasteiger partial charge in [0.2, 0.25) is 5.91 Å². The molecular weight excluding hydrogens is 244 g/mol. The molecule has 1 saturated heterocycles. The lowest BCUT2D eigenvalue weighted by Gasteiger charge is -2.36. The number of hydrogen-bond donors (Lipinski definition) is 2. The minimum absolute atomic E-state index is 0.0304. The van der Waals surface area contributed by atoms with Crippen LogP contribution in [-0.2, 0) is 9.53 Å². The highest BCUT2D eigenvalue weighted by Gasteiger charge is 2.30. The van der Waals surface area contributed by atoms with Crippen molar-refractivity contribution in [3.05, 3.63) is 18.5 Å². The number of morpholine rings is 1. The van der Waals surface area contributed by atoms with Gasteiger partial charge in [-0.05, 0) is 19.9 Å². The Kier molecular flexibility index (Phi) is 4.21. The smallest absolute Gasteiger partial charge is 0.245 e. The van der Waals surface area contributed by atoms with Crippen LogP contribution < -0.4 is 16.0 Å². The highest BCUT2D eigenvalue weighted by molar-refractivity contribution is 5.86. The summed E-state index contributed by atoms with van der Waals surface area (Å²) in [4.78, 5) is 18.3. The van der Waals surface area contributed by atoms with Crippen molar-refractivity contribution in [1.29, 1.82) is 0 Å². The van der Waals surface area contributed by atoms with Gasteiger partial charge in [0.1, 0.15) is 6.04 Å². The van der Waals surface area contributed by atoms with Crippen molar-refractivity contribution in [3.8, 4) is 0 Å². The standard InChI is InChI=1S/C13H20N4O2/c1-9(2)16-13(18)12-8-19-4-3-17(12)11-5-10(14)6-15-7-11/h5-7,9,12H,3-4,8,14H2,1-2H3,(H,16,18). The fourth-order valence-electron chi connectivity index (χ4n) is 2.11. The molecule has 1 fully saturated rings. The molecule has 104 valence electrons. The molecule has 0 saturated carbocycles. The van der Waals surface area contributed by atoms with E-state index in [4.69, 9.17) is 10.5 Å². The molecule has 3 N–H and O–H groups in total. The molecule has 0 radical (unpaired) electrons. The van der Waals surface area contributed by atoms with E-state index in [1.54, 1.807) is 12.4 Å². The van der Waals surface area contributed by atoms with Gasteiger partial charge in [0.25, 0.3) is 0 Å². The van der Waals surface area contributed by atoms with E-state index in [0.29, 0.717) is 25.4 Å². The second kappa shape index (κ2) is 5.88. The molecule has 0 aromatic carbocycles. The van der Waals surface area contributed by atoms with Crippen LogP contribution in [0.3, 0.4) is 0 Å². The van der Waals surface area contributed by atoms with E-state index in [0.717, 1.165) is 5.69 Å². The molecule has 2 heterocycles. The van der Waals surface area contributed by atoms with Gasteiger partial charge in [0.15, 0.2) is 0 Å². The van der Waals surface area contributed by atoms with Crippen LogP contribution >= 0.6 is 0 Å². The van der Waals surface area contributed by atoms with Crippen molar-refractivity contribution >= 4 is 17.3 Å². The summed E-state index contributed by atoms with van der Waals surface area (Å²) in [5.41, 5.74) is 7.19. The van der Waals surface area contributed by atoms with E-state index in [9.17, 15) is 4.79 Å². The molecule has 6 nitrogen and oxygen atoms in total. The number of nitrogen functional groups attached to an aromatic ring is 1. The van der Waals surface area contributed by atoms with Crippen molar-refractivity contribution in [2.75, 3.05) is 30.4 Å². The second-order valence-electron chi connectivity index (χ2n) is 4.92. The van der Waals surface area contributed by atoms with Gasteiger partial charge in [0, 0.05) is 18.8 Å². The van der Waals surface area contributed by atoms with Gasteiger partial charge in [-0.3, -0.25) is 9.78 Å². The third-order valence-electron chi connectivity index (χ3n) is 2.94. The molecule has 1 amide bonds. The normalized spacial score (nSPS) is 19.5. The molecule has 1 aromatic rings. The van der Waals surface area contributed by atoms with Crippen LogP contribution in [0.15, 0.2) is 18.5 Å². The average Bonchev–Trinajstić information content (AvgIpc) is 2.38. The fourth-order valence-corrected chi connectivity index (χ4v) is 2.11. The minimum Gasteiger partial charge on any atom is -0.397 e. The van der Waals surface area contributed by atoms with Crippen molar-refractivity contribution < 1.29 is 9.53 Å². The third-order valence-corrected chi connectivity index (χ3v) is 2.94. The minimum atomic E-state index is -0.334. The summed E-state index contributed by atoms with van der Waals surface area (Å²) in [6.07, 6.45) is 3.31. The lowest BCUT2D eigenvalue weighted by Crippen LogP contribution is -2.55. The van der Waals surface area contributed by atoms with Crippen LogP contribution in [0.2, 0.25) is 0 Å². The molecule has 0 spiro atoms. The van der Waals surface area contributed by atoms with Crippen molar-refractivity contribution in [1.82, 2.24) is 10.3 Å². The van der Waals surface area contributed by atoms with Crippen LogP contribution in [0.4, 0.5) is 11.4 Å². The predicted octanol–water partition coefficient (Wildman–Crippen LogP) is 0.394. The zero-order chi connectivity index (χ0) is 13.8. The first-order chi connectivity index (χ1) is 9.08.